The molecule has 2 aromatic carbocycles. The number of para-hydroxylation sites is 1. The van der Waals surface area contributed by atoms with E-state index in [-0.39, 0.29) is 11.4 Å². The molecular formula is C20H18ClF3N4O2S. The zero-order valence-electron chi connectivity index (χ0n) is 16.5. The van der Waals surface area contributed by atoms with Crippen LogP contribution >= 0.6 is 23.4 Å². The number of carbonyl (C=O) groups excluding carboxylic acids is 1. The predicted octanol–water partition coefficient (Wildman–Crippen LogP) is 5.38. The van der Waals surface area contributed by atoms with Gasteiger partial charge in [0.2, 0.25) is 5.91 Å². The Morgan fingerprint density at radius 2 is 1.97 bits per heavy atom. The van der Waals surface area contributed by atoms with Crippen LogP contribution in [0, 0.1) is 0 Å². The van der Waals surface area contributed by atoms with E-state index in [1.54, 1.807) is 22.8 Å². The Morgan fingerprint density at radius 1 is 1.23 bits per heavy atom. The fraction of sp³-hybridized carbons (Fsp3) is 0.250. The standard InChI is InChI=1S/C20H18ClF3N4O2S/c1-3-28-18(13-10-12(21)8-9-16(13)30-2)26-27-19(28)31-11-17(29)25-15-7-5-4-6-14(15)20(22,23)24/h4-10H,3,11H2,1-2H3,(H,25,29). The minimum absolute atomic E-state index is 0.142. The molecule has 0 fully saturated rings. The van der Waals surface area contributed by atoms with Crippen LogP contribution in [-0.4, -0.2) is 33.5 Å². The number of carbonyl (C=O) groups is 1. The maximum atomic E-state index is 13.1. The highest BCUT2D eigenvalue weighted by Gasteiger charge is 2.33. The number of hydrogen-bond donors (Lipinski definition) is 1. The van der Waals surface area contributed by atoms with Gasteiger partial charge in [0.15, 0.2) is 11.0 Å². The van der Waals surface area contributed by atoms with Crippen LogP contribution in [0.15, 0.2) is 47.6 Å². The van der Waals surface area contributed by atoms with E-state index < -0.39 is 17.6 Å². The smallest absolute Gasteiger partial charge is 0.418 e. The number of benzene rings is 2. The van der Waals surface area contributed by atoms with Crippen LogP contribution in [0.1, 0.15) is 12.5 Å². The lowest BCUT2D eigenvalue weighted by Gasteiger charge is -2.13. The average Bonchev–Trinajstić information content (AvgIpc) is 3.14. The number of nitrogens with one attached hydrogen (secondary N) is 1. The number of methoxy groups -OCH3 is 1. The molecule has 31 heavy (non-hydrogen) atoms. The van der Waals surface area contributed by atoms with Gasteiger partial charge in [0.25, 0.3) is 0 Å². The molecule has 0 radical (unpaired) electrons. The summed E-state index contributed by atoms with van der Waals surface area (Å²) in [6, 6.07) is 9.93. The van der Waals surface area contributed by atoms with Crippen LogP contribution in [-0.2, 0) is 17.5 Å². The van der Waals surface area contributed by atoms with Crippen molar-refractivity contribution in [2.24, 2.45) is 0 Å². The molecule has 0 saturated carbocycles. The van der Waals surface area contributed by atoms with E-state index in [0.717, 1.165) is 17.8 Å². The Bertz CT molecular complexity index is 1090. The van der Waals surface area contributed by atoms with Gasteiger partial charge in [0.05, 0.1) is 29.7 Å². The molecule has 0 unspecified atom stereocenters. The van der Waals surface area contributed by atoms with Crippen LogP contribution in [0.5, 0.6) is 5.75 Å². The molecule has 1 heterocycles. The number of thioether (sulfide) groups is 1. The van der Waals surface area contributed by atoms with E-state index in [1.807, 2.05) is 6.92 Å². The van der Waals surface area contributed by atoms with E-state index in [2.05, 4.69) is 15.5 Å². The van der Waals surface area contributed by atoms with E-state index in [0.29, 0.717) is 33.9 Å². The summed E-state index contributed by atoms with van der Waals surface area (Å²) in [5.74, 6) is 0.336. The van der Waals surface area contributed by atoms with Crippen molar-refractivity contribution in [3.05, 3.63) is 53.1 Å². The third kappa shape index (κ3) is 5.31. The van der Waals surface area contributed by atoms with Crippen molar-refractivity contribution in [1.29, 1.82) is 0 Å². The normalized spacial score (nSPS) is 11.4. The molecule has 0 aliphatic rings. The molecule has 1 N–H and O–H groups in total. The second-order valence-electron chi connectivity index (χ2n) is 6.28. The Labute approximate surface area is 185 Å². The van der Waals surface area contributed by atoms with Crippen molar-refractivity contribution in [1.82, 2.24) is 14.8 Å². The monoisotopic (exact) mass is 470 g/mol. The van der Waals surface area contributed by atoms with Gasteiger partial charge < -0.3 is 14.6 Å². The van der Waals surface area contributed by atoms with Gasteiger partial charge in [-0.15, -0.1) is 10.2 Å². The number of alkyl halides is 3. The van der Waals surface area contributed by atoms with Crippen LogP contribution in [0.4, 0.5) is 18.9 Å². The summed E-state index contributed by atoms with van der Waals surface area (Å²) in [6.07, 6.45) is -4.57. The average molecular weight is 471 g/mol. The van der Waals surface area contributed by atoms with Gasteiger partial charge in [-0.1, -0.05) is 35.5 Å². The SMILES string of the molecule is CCn1c(SCC(=O)Nc2ccccc2C(F)(F)F)nnc1-c1cc(Cl)ccc1OC. The first-order valence-corrected chi connectivity index (χ1v) is 10.5. The summed E-state index contributed by atoms with van der Waals surface area (Å²) in [5.41, 5.74) is -0.554. The first-order valence-electron chi connectivity index (χ1n) is 9.10. The summed E-state index contributed by atoms with van der Waals surface area (Å²) in [4.78, 5) is 12.3. The third-order valence-electron chi connectivity index (χ3n) is 4.27. The number of amides is 1. The number of nitrogens with zero attached hydrogens (tertiary/aromatic N) is 3. The lowest BCUT2D eigenvalue weighted by Crippen LogP contribution is -2.18. The van der Waals surface area contributed by atoms with Crippen molar-refractivity contribution in [3.8, 4) is 17.1 Å². The molecule has 0 spiro atoms. The molecule has 0 aliphatic carbocycles. The molecular weight excluding hydrogens is 453 g/mol. The highest BCUT2D eigenvalue weighted by molar-refractivity contribution is 7.99. The number of aromatic nitrogens is 3. The lowest BCUT2D eigenvalue weighted by atomic mass is 10.1. The third-order valence-corrected chi connectivity index (χ3v) is 5.48. The number of hydrogen-bond acceptors (Lipinski definition) is 5. The number of anilines is 1. The molecule has 164 valence electrons. The largest absolute Gasteiger partial charge is 0.496 e. The minimum Gasteiger partial charge on any atom is -0.496 e. The van der Waals surface area contributed by atoms with E-state index in [9.17, 15) is 18.0 Å². The molecule has 3 rings (SSSR count). The van der Waals surface area contributed by atoms with E-state index in [4.69, 9.17) is 16.3 Å². The van der Waals surface area contributed by atoms with E-state index in [1.165, 1.54) is 25.3 Å². The Balaban J connectivity index is 1.77. The van der Waals surface area contributed by atoms with Crippen molar-refractivity contribution in [2.45, 2.75) is 24.8 Å². The highest BCUT2D eigenvalue weighted by atomic mass is 35.5. The molecule has 6 nitrogen and oxygen atoms in total. The minimum atomic E-state index is -4.57. The Hall–Kier alpha value is -2.72. The zero-order valence-corrected chi connectivity index (χ0v) is 18.1. The van der Waals surface area contributed by atoms with Crippen molar-refractivity contribution in [3.63, 3.8) is 0 Å². The second-order valence-corrected chi connectivity index (χ2v) is 7.65. The van der Waals surface area contributed by atoms with E-state index >= 15 is 0 Å². The van der Waals surface area contributed by atoms with Crippen LogP contribution in [0.2, 0.25) is 5.02 Å². The fourth-order valence-corrected chi connectivity index (χ4v) is 3.86. The predicted molar refractivity (Wildman–Crippen MR) is 113 cm³/mol. The van der Waals surface area contributed by atoms with Crippen molar-refractivity contribution < 1.29 is 22.7 Å². The molecule has 3 aromatic rings. The molecule has 1 aromatic heterocycles. The summed E-state index contributed by atoms with van der Waals surface area (Å²) in [5, 5.41) is 11.6. The van der Waals surface area contributed by atoms with Crippen molar-refractivity contribution in [2.75, 3.05) is 18.2 Å². The maximum absolute atomic E-state index is 13.1. The fourth-order valence-electron chi connectivity index (χ4n) is 2.89. The van der Waals surface area contributed by atoms with Gasteiger partial charge in [0, 0.05) is 11.6 Å². The summed E-state index contributed by atoms with van der Waals surface area (Å²) in [7, 11) is 1.53. The van der Waals surface area contributed by atoms with Gasteiger partial charge in [-0.25, -0.2) is 0 Å². The van der Waals surface area contributed by atoms with Crippen LogP contribution in [0.3, 0.4) is 0 Å². The molecule has 0 bridgehead atoms. The quantitative estimate of drug-likeness (QED) is 0.470. The van der Waals surface area contributed by atoms with Gasteiger partial charge in [-0.2, -0.15) is 13.2 Å². The molecule has 11 heteroatoms. The van der Waals surface area contributed by atoms with Gasteiger partial charge in [-0.05, 0) is 37.3 Å². The van der Waals surface area contributed by atoms with Crippen LogP contribution in [0.25, 0.3) is 11.4 Å². The molecule has 1 amide bonds. The highest BCUT2D eigenvalue weighted by Crippen LogP contribution is 2.35. The number of ether oxygens (including phenoxy) is 1. The first-order chi connectivity index (χ1) is 14.7. The van der Waals surface area contributed by atoms with Gasteiger partial charge in [-0.3, -0.25) is 4.79 Å². The topological polar surface area (TPSA) is 69.0 Å². The molecule has 0 aliphatic heterocycles. The summed E-state index contributed by atoms with van der Waals surface area (Å²) < 4.78 is 46.5. The zero-order chi connectivity index (χ0) is 22.6. The second kappa shape index (κ2) is 9.61. The summed E-state index contributed by atoms with van der Waals surface area (Å²) >= 11 is 7.17. The van der Waals surface area contributed by atoms with Gasteiger partial charge >= 0.3 is 6.18 Å². The van der Waals surface area contributed by atoms with Crippen LogP contribution < -0.4 is 10.1 Å². The Morgan fingerprint density at radius 3 is 2.65 bits per heavy atom. The maximum Gasteiger partial charge on any atom is 0.418 e. The summed E-state index contributed by atoms with van der Waals surface area (Å²) in [6.45, 7) is 2.38. The van der Waals surface area contributed by atoms with Gasteiger partial charge in [0.1, 0.15) is 5.75 Å². The Kier molecular flexibility index (Phi) is 7.11. The number of halogens is 4. The van der Waals surface area contributed by atoms with Crippen molar-refractivity contribution >= 4 is 35.0 Å². The first kappa shape index (κ1) is 23.0. The molecule has 0 saturated heterocycles. The number of rotatable bonds is 7. The molecule has 0 atom stereocenters. The lowest BCUT2D eigenvalue weighted by molar-refractivity contribution is -0.137.